The van der Waals surface area contributed by atoms with Crippen LogP contribution in [-0.4, -0.2) is 36.1 Å². The molecule has 2 rings (SSSR count). The van der Waals surface area contributed by atoms with E-state index in [-0.39, 0.29) is 7.11 Å². The summed E-state index contributed by atoms with van der Waals surface area (Å²) in [5, 5.41) is 10.6. The van der Waals surface area contributed by atoms with Crippen LogP contribution in [0.5, 0.6) is 5.75 Å². The van der Waals surface area contributed by atoms with Crippen molar-refractivity contribution in [2.75, 3.05) is 26.2 Å². The van der Waals surface area contributed by atoms with Crippen LogP contribution >= 0.6 is 0 Å². The highest BCUT2D eigenvalue weighted by molar-refractivity contribution is 5.37. The molecule has 0 N–H and O–H groups in total. The summed E-state index contributed by atoms with van der Waals surface area (Å²) in [6.45, 7) is 4.33. The van der Waals surface area contributed by atoms with Crippen LogP contribution in [0.2, 0.25) is 0 Å². The van der Waals surface area contributed by atoms with Crippen LogP contribution in [-0.2, 0) is 0 Å². The number of hydrogen-bond donors (Lipinski definition) is 0. The van der Waals surface area contributed by atoms with Crippen LogP contribution in [0.3, 0.4) is 0 Å². The highest BCUT2D eigenvalue weighted by atomic mass is 16.6. The molecule has 0 radical (unpaired) electrons. The number of nitro benzene ring substituents is 1. The Morgan fingerprint density at radius 2 is 2.05 bits per heavy atom. The van der Waals surface area contributed by atoms with Crippen molar-refractivity contribution in [1.82, 2.24) is 4.90 Å². The fourth-order valence-corrected chi connectivity index (χ4v) is 2.50. The molecule has 1 saturated heterocycles. The molecule has 0 spiro atoms. The summed E-state index contributed by atoms with van der Waals surface area (Å²) in [6.07, 6.45) is 6.03. The lowest BCUT2D eigenvalue weighted by Gasteiger charge is -2.13. The third-order valence-corrected chi connectivity index (χ3v) is 3.61. The smallest absolute Gasteiger partial charge is 0.493 e. The molecule has 20 heavy (non-hydrogen) atoms. The third kappa shape index (κ3) is 4.81. The van der Waals surface area contributed by atoms with Crippen molar-refractivity contribution in [1.29, 1.82) is 0 Å². The highest BCUT2D eigenvalue weighted by Crippen LogP contribution is 2.19. The van der Waals surface area contributed by atoms with Crippen molar-refractivity contribution in [2.45, 2.75) is 32.1 Å². The summed E-state index contributed by atoms with van der Waals surface area (Å²) in [7, 11) is 0. The lowest BCUT2D eigenvalue weighted by atomic mass is 10.2. The van der Waals surface area contributed by atoms with E-state index in [1.165, 1.54) is 51.0 Å². The molecule has 1 aliphatic heterocycles. The quantitative estimate of drug-likeness (QED) is 0.416. The van der Waals surface area contributed by atoms with Crippen LogP contribution in [0.15, 0.2) is 24.3 Å². The number of unbranched alkanes of at least 4 members (excludes halogenated alkanes) is 2. The SMILES string of the molecule is O=[N+]([O-])c1cccc(OCCCCCN2CCCC2)c1.[H+]. The molecule has 5 heteroatoms. The number of nitrogens with zero attached hydrogens (tertiary/aromatic N) is 2. The zero-order valence-corrected chi connectivity index (χ0v) is 11.8. The maximum absolute atomic E-state index is 10.6. The van der Waals surface area contributed by atoms with Crippen LogP contribution in [0.25, 0.3) is 0 Å². The third-order valence-electron chi connectivity index (χ3n) is 3.61. The van der Waals surface area contributed by atoms with Gasteiger partial charge >= 0.3 is 1.43 Å². The molecular weight excluding hydrogens is 256 g/mol. The Labute approximate surface area is 121 Å². The van der Waals surface area contributed by atoms with Crippen molar-refractivity contribution in [3.8, 4) is 5.75 Å². The molecule has 0 saturated carbocycles. The molecule has 0 aromatic heterocycles. The van der Waals surface area contributed by atoms with Gasteiger partial charge in [0, 0.05) is 6.07 Å². The Bertz CT molecular complexity index is 437. The summed E-state index contributed by atoms with van der Waals surface area (Å²) < 4.78 is 5.55. The summed E-state index contributed by atoms with van der Waals surface area (Å²) in [5.74, 6) is 0.582. The first-order valence-electron chi connectivity index (χ1n) is 7.35. The summed E-state index contributed by atoms with van der Waals surface area (Å²) in [5.41, 5.74) is 0.0801. The molecule has 1 fully saturated rings. The Hall–Kier alpha value is -1.62. The van der Waals surface area contributed by atoms with Gasteiger partial charge in [-0.2, -0.15) is 0 Å². The Kier molecular flexibility index (Phi) is 5.80. The van der Waals surface area contributed by atoms with E-state index < -0.39 is 4.92 Å². The first-order valence-corrected chi connectivity index (χ1v) is 7.35. The maximum atomic E-state index is 10.6. The van der Waals surface area contributed by atoms with Crippen molar-refractivity contribution in [3.05, 3.63) is 34.4 Å². The molecule has 0 unspecified atom stereocenters. The van der Waals surface area contributed by atoms with E-state index in [1.807, 2.05) is 0 Å². The molecule has 0 bridgehead atoms. The molecule has 0 atom stereocenters. The average Bonchev–Trinajstić information content (AvgIpc) is 2.96. The summed E-state index contributed by atoms with van der Waals surface area (Å²) in [4.78, 5) is 12.8. The van der Waals surface area contributed by atoms with Gasteiger partial charge in [0.1, 0.15) is 5.75 Å². The molecular formula is C15H23N2O3+. The molecule has 1 aliphatic rings. The van der Waals surface area contributed by atoms with Crippen LogP contribution in [0.1, 0.15) is 33.5 Å². The fraction of sp³-hybridized carbons (Fsp3) is 0.600. The van der Waals surface area contributed by atoms with Crippen LogP contribution in [0.4, 0.5) is 5.69 Å². The highest BCUT2D eigenvalue weighted by Gasteiger charge is 2.10. The van der Waals surface area contributed by atoms with E-state index in [0.717, 1.165) is 12.8 Å². The molecule has 1 heterocycles. The number of hydrogen-bond acceptors (Lipinski definition) is 4. The minimum Gasteiger partial charge on any atom is -0.493 e. The standard InChI is InChI=1S/C15H22N2O3/c18-17(19)14-7-6-8-15(13-14)20-12-5-1-2-9-16-10-3-4-11-16/h6-8,13H,1-5,9-12H2/p+1. The molecule has 5 nitrogen and oxygen atoms in total. The van der Waals surface area contributed by atoms with E-state index in [2.05, 4.69) is 4.90 Å². The zero-order valence-electron chi connectivity index (χ0n) is 12.8. The Morgan fingerprint density at radius 3 is 2.80 bits per heavy atom. The van der Waals surface area contributed by atoms with Crippen molar-refractivity contribution < 1.29 is 11.1 Å². The van der Waals surface area contributed by atoms with Crippen LogP contribution in [0, 0.1) is 10.1 Å². The van der Waals surface area contributed by atoms with E-state index in [0.29, 0.717) is 12.4 Å². The van der Waals surface area contributed by atoms with Gasteiger partial charge in [-0.05, 0) is 57.8 Å². The topological polar surface area (TPSA) is 55.6 Å². The molecule has 0 aliphatic carbocycles. The molecule has 1 aromatic carbocycles. The number of nitro groups is 1. The number of likely N-dealkylation sites (tertiary alicyclic amines) is 1. The van der Waals surface area contributed by atoms with Gasteiger partial charge in [-0.1, -0.05) is 6.07 Å². The van der Waals surface area contributed by atoms with Gasteiger partial charge in [0.2, 0.25) is 0 Å². The zero-order chi connectivity index (χ0) is 14.2. The maximum Gasteiger partial charge on any atom is 1.00 e. The largest absolute Gasteiger partial charge is 1.00 e. The first kappa shape index (κ1) is 14.8. The molecule has 1 aromatic rings. The van der Waals surface area contributed by atoms with Crippen LogP contribution < -0.4 is 4.74 Å². The summed E-state index contributed by atoms with van der Waals surface area (Å²) in [6, 6.07) is 6.37. The minimum atomic E-state index is -0.400. The number of benzene rings is 1. The normalized spacial score (nSPS) is 15.4. The number of rotatable bonds is 8. The second-order valence-electron chi connectivity index (χ2n) is 5.21. The minimum absolute atomic E-state index is 0. The molecule has 0 amide bonds. The lowest BCUT2D eigenvalue weighted by molar-refractivity contribution is -0.384. The summed E-state index contributed by atoms with van der Waals surface area (Å²) >= 11 is 0. The lowest BCUT2D eigenvalue weighted by Crippen LogP contribution is -2.20. The van der Waals surface area contributed by atoms with E-state index in [4.69, 9.17) is 4.74 Å². The van der Waals surface area contributed by atoms with Crippen molar-refractivity contribution in [3.63, 3.8) is 0 Å². The average molecular weight is 279 g/mol. The predicted molar refractivity (Wildman–Crippen MR) is 79.2 cm³/mol. The van der Waals surface area contributed by atoms with Crippen molar-refractivity contribution >= 4 is 5.69 Å². The number of non-ortho nitro benzene ring substituents is 1. The number of ether oxygens (including phenoxy) is 1. The monoisotopic (exact) mass is 279 g/mol. The second kappa shape index (κ2) is 7.85. The Balaban J connectivity index is 0.00000220. The van der Waals surface area contributed by atoms with Gasteiger partial charge in [0.05, 0.1) is 17.6 Å². The molecule has 110 valence electrons. The van der Waals surface area contributed by atoms with Gasteiger partial charge in [0.25, 0.3) is 5.69 Å². The van der Waals surface area contributed by atoms with Gasteiger partial charge < -0.3 is 9.64 Å². The first-order chi connectivity index (χ1) is 9.75. The van der Waals surface area contributed by atoms with E-state index >= 15 is 0 Å². The van der Waals surface area contributed by atoms with E-state index in [1.54, 1.807) is 12.1 Å². The van der Waals surface area contributed by atoms with E-state index in [9.17, 15) is 10.1 Å². The van der Waals surface area contributed by atoms with Gasteiger partial charge in [0.15, 0.2) is 0 Å². The van der Waals surface area contributed by atoms with Gasteiger partial charge in [-0.3, -0.25) is 10.1 Å². The van der Waals surface area contributed by atoms with Gasteiger partial charge in [-0.25, -0.2) is 0 Å². The predicted octanol–water partition coefficient (Wildman–Crippen LogP) is 3.35. The van der Waals surface area contributed by atoms with Gasteiger partial charge in [-0.15, -0.1) is 0 Å². The Morgan fingerprint density at radius 1 is 1.25 bits per heavy atom. The fourth-order valence-electron chi connectivity index (χ4n) is 2.50. The van der Waals surface area contributed by atoms with Crippen molar-refractivity contribution in [2.24, 2.45) is 0 Å². The second-order valence-corrected chi connectivity index (χ2v) is 5.21.